The average molecular weight is 320 g/mol. The molecule has 0 aromatic carbocycles. The fourth-order valence-corrected chi connectivity index (χ4v) is 5.47. The molecule has 0 saturated carbocycles. The zero-order chi connectivity index (χ0) is 14.9. The van der Waals surface area contributed by atoms with Gasteiger partial charge in [0.05, 0.1) is 6.42 Å². The van der Waals surface area contributed by atoms with Crippen LogP contribution in [0.15, 0.2) is 9.42 Å². The van der Waals surface area contributed by atoms with Crippen LogP contribution in [0.1, 0.15) is 17.9 Å². The summed E-state index contributed by atoms with van der Waals surface area (Å²) >= 11 is 1.56. The van der Waals surface area contributed by atoms with Crippen molar-refractivity contribution in [3.05, 3.63) is 11.5 Å². The van der Waals surface area contributed by atoms with Crippen molar-refractivity contribution in [3.63, 3.8) is 0 Å². The molecule has 1 saturated heterocycles. The van der Waals surface area contributed by atoms with E-state index in [1.165, 1.54) is 11.2 Å². The van der Waals surface area contributed by atoms with Crippen LogP contribution in [0.2, 0.25) is 0 Å². The number of thioether (sulfide) groups is 1. The molecule has 7 nitrogen and oxygen atoms in total. The van der Waals surface area contributed by atoms with Gasteiger partial charge in [0.2, 0.25) is 10.0 Å². The lowest BCUT2D eigenvalue weighted by Gasteiger charge is -2.33. The molecular formula is C11H16N2O5S2. The maximum atomic E-state index is 12.7. The first-order chi connectivity index (χ1) is 9.34. The maximum absolute atomic E-state index is 12.7. The van der Waals surface area contributed by atoms with Gasteiger partial charge in [0, 0.05) is 24.1 Å². The van der Waals surface area contributed by atoms with Crippen LogP contribution < -0.4 is 0 Å². The lowest BCUT2D eigenvalue weighted by molar-refractivity contribution is -0.137. The SMILES string of the molecule is Cc1noc(C)c1S(=O)(=O)N1CCSCC1CC(=O)O. The molecule has 1 unspecified atom stereocenters. The van der Waals surface area contributed by atoms with Crippen LogP contribution in [-0.4, -0.2) is 53.0 Å². The van der Waals surface area contributed by atoms with Gasteiger partial charge >= 0.3 is 5.97 Å². The number of carbonyl (C=O) groups is 1. The van der Waals surface area contributed by atoms with E-state index >= 15 is 0 Å². The summed E-state index contributed by atoms with van der Waals surface area (Å²) in [4.78, 5) is 11.0. The lowest BCUT2D eigenvalue weighted by Crippen LogP contribution is -2.47. The first-order valence-electron chi connectivity index (χ1n) is 6.08. The molecule has 0 aliphatic carbocycles. The molecule has 2 rings (SSSR count). The smallest absolute Gasteiger partial charge is 0.305 e. The number of nitrogens with zero attached hydrogens (tertiary/aromatic N) is 2. The first-order valence-corrected chi connectivity index (χ1v) is 8.67. The molecule has 0 bridgehead atoms. The average Bonchev–Trinajstić information content (AvgIpc) is 2.69. The Morgan fingerprint density at radius 1 is 1.55 bits per heavy atom. The van der Waals surface area contributed by atoms with Gasteiger partial charge in [0.25, 0.3) is 0 Å². The summed E-state index contributed by atoms with van der Waals surface area (Å²) in [6.45, 7) is 3.40. The predicted molar refractivity (Wildman–Crippen MR) is 73.2 cm³/mol. The van der Waals surface area contributed by atoms with Crippen molar-refractivity contribution in [2.45, 2.75) is 31.2 Å². The summed E-state index contributed by atoms with van der Waals surface area (Å²) in [5.41, 5.74) is 0.301. The molecule has 1 fully saturated rings. The minimum Gasteiger partial charge on any atom is -0.481 e. The summed E-state index contributed by atoms with van der Waals surface area (Å²) in [6.07, 6.45) is -0.199. The number of aliphatic carboxylic acids is 1. The first kappa shape index (κ1) is 15.3. The van der Waals surface area contributed by atoms with Gasteiger partial charge < -0.3 is 9.63 Å². The summed E-state index contributed by atoms with van der Waals surface area (Å²) in [7, 11) is -3.77. The molecule has 0 radical (unpaired) electrons. The molecule has 1 aliphatic rings. The van der Waals surface area contributed by atoms with Crippen LogP contribution in [0.4, 0.5) is 0 Å². The zero-order valence-electron chi connectivity index (χ0n) is 11.2. The molecule has 1 aliphatic heterocycles. The van der Waals surface area contributed by atoms with Crippen molar-refractivity contribution < 1.29 is 22.8 Å². The van der Waals surface area contributed by atoms with E-state index in [0.717, 1.165) is 0 Å². The number of hydrogen-bond acceptors (Lipinski definition) is 6. The Balaban J connectivity index is 2.38. The second-order valence-corrected chi connectivity index (χ2v) is 7.57. The number of aryl methyl sites for hydroxylation is 2. The highest BCUT2D eigenvalue weighted by Crippen LogP contribution is 2.29. The Bertz CT molecular complexity index is 591. The van der Waals surface area contributed by atoms with E-state index in [-0.39, 0.29) is 17.1 Å². The fraction of sp³-hybridized carbons (Fsp3) is 0.636. The standard InChI is InChI=1S/C11H16N2O5S2/c1-7-11(8(2)18-12-7)20(16,17)13-3-4-19-6-9(13)5-10(14)15/h9H,3-6H2,1-2H3,(H,14,15). The largest absolute Gasteiger partial charge is 0.481 e. The number of rotatable bonds is 4. The Morgan fingerprint density at radius 3 is 2.80 bits per heavy atom. The summed E-state index contributed by atoms with van der Waals surface area (Å²) in [5.74, 6) is 0.361. The molecule has 112 valence electrons. The molecule has 2 heterocycles. The van der Waals surface area contributed by atoms with Gasteiger partial charge in [-0.3, -0.25) is 4.79 Å². The zero-order valence-corrected chi connectivity index (χ0v) is 12.8. The third-order valence-corrected chi connectivity index (χ3v) is 6.41. The molecule has 1 aromatic rings. The van der Waals surface area contributed by atoms with Gasteiger partial charge in [-0.25, -0.2) is 8.42 Å². The Kier molecular flexibility index (Phi) is 4.40. The third kappa shape index (κ3) is 2.84. The van der Waals surface area contributed by atoms with E-state index in [9.17, 15) is 13.2 Å². The normalized spacial score (nSPS) is 21.0. The van der Waals surface area contributed by atoms with Gasteiger partial charge in [0.15, 0.2) is 5.76 Å². The van der Waals surface area contributed by atoms with Crippen LogP contribution >= 0.6 is 11.8 Å². The number of aromatic nitrogens is 1. The van der Waals surface area contributed by atoms with Crippen molar-refractivity contribution in [3.8, 4) is 0 Å². The van der Waals surface area contributed by atoms with E-state index in [2.05, 4.69) is 5.16 Å². The van der Waals surface area contributed by atoms with Crippen molar-refractivity contribution in [1.29, 1.82) is 0 Å². The Hall–Kier alpha value is -1.06. The fourth-order valence-electron chi connectivity index (χ4n) is 2.28. The molecule has 1 atom stereocenters. The number of hydrogen-bond donors (Lipinski definition) is 1. The van der Waals surface area contributed by atoms with Crippen molar-refractivity contribution >= 4 is 27.8 Å². The van der Waals surface area contributed by atoms with Crippen LogP contribution in [0.3, 0.4) is 0 Å². The highest BCUT2D eigenvalue weighted by atomic mass is 32.2. The molecule has 0 amide bonds. The second kappa shape index (κ2) is 5.74. The summed E-state index contributed by atoms with van der Waals surface area (Å²) in [6, 6.07) is -0.537. The minimum atomic E-state index is -3.77. The van der Waals surface area contributed by atoms with Crippen LogP contribution in [0.25, 0.3) is 0 Å². The Labute approximate surface area is 121 Å². The van der Waals surface area contributed by atoms with E-state index in [1.807, 2.05) is 0 Å². The van der Waals surface area contributed by atoms with Crippen LogP contribution in [0.5, 0.6) is 0 Å². The van der Waals surface area contributed by atoms with Gasteiger partial charge in [-0.1, -0.05) is 5.16 Å². The van der Waals surface area contributed by atoms with Gasteiger partial charge in [0.1, 0.15) is 10.6 Å². The maximum Gasteiger partial charge on any atom is 0.305 e. The highest BCUT2D eigenvalue weighted by Gasteiger charge is 2.38. The molecule has 20 heavy (non-hydrogen) atoms. The molecule has 0 spiro atoms. The topological polar surface area (TPSA) is 101 Å². The summed E-state index contributed by atoms with van der Waals surface area (Å²) in [5, 5.41) is 12.6. The van der Waals surface area contributed by atoms with Gasteiger partial charge in [-0.15, -0.1) is 0 Å². The van der Waals surface area contributed by atoms with E-state index in [0.29, 0.717) is 23.7 Å². The van der Waals surface area contributed by atoms with E-state index < -0.39 is 22.0 Å². The second-order valence-electron chi connectivity index (χ2n) is 4.60. The van der Waals surface area contributed by atoms with Crippen molar-refractivity contribution in [1.82, 2.24) is 9.46 Å². The molecule has 9 heteroatoms. The number of carboxylic acid groups (broad SMARTS) is 1. The predicted octanol–water partition coefficient (Wildman–Crippen LogP) is 0.872. The highest BCUT2D eigenvalue weighted by molar-refractivity contribution is 7.99. The molecule has 1 aromatic heterocycles. The quantitative estimate of drug-likeness (QED) is 0.878. The third-order valence-electron chi connectivity index (χ3n) is 3.12. The van der Waals surface area contributed by atoms with E-state index in [4.69, 9.17) is 9.63 Å². The number of carboxylic acids is 1. The van der Waals surface area contributed by atoms with Gasteiger partial charge in [-0.2, -0.15) is 16.1 Å². The monoisotopic (exact) mass is 320 g/mol. The Morgan fingerprint density at radius 2 is 2.25 bits per heavy atom. The van der Waals surface area contributed by atoms with Crippen LogP contribution in [-0.2, 0) is 14.8 Å². The number of sulfonamides is 1. The van der Waals surface area contributed by atoms with Gasteiger partial charge in [-0.05, 0) is 13.8 Å². The van der Waals surface area contributed by atoms with E-state index in [1.54, 1.807) is 18.7 Å². The summed E-state index contributed by atoms with van der Waals surface area (Å²) < 4.78 is 31.6. The lowest BCUT2D eigenvalue weighted by atomic mass is 10.2. The van der Waals surface area contributed by atoms with Crippen molar-refractivity contribution in [2.24, 2.45) is 0 Å². The molecular weight excluding hydrogens is 304 g/mol. The van der Waals surface area contributed by atoms with Crippen molar-refractivity contribution in [2.75, 3.05) is 18.1 Å². The minimum absolute atomic E-state index is 0.0554. The van der Waals surface area contributed by atoms with Crippen LogP contribution in [0, 0.1) is 13.8 Å². The molecule has 1 N–H and O–H groups in total.